The summed E-state index contributed by atoms with van der Waals surface area (Å²) in [7, 11) is 0. The Morgan fingerprint density at radius 3 is 2.61 bits per heavy atom. The monoisotopic (exact) mass is 532 g/mol. The summed E-state index contributed by atoms with van der Waals surface area (Å²) in [6, 6.07) is 14.9. The summed E-state index contributed by atoms with van der Waals surface area (Å²) in [4.78, 5) is 32.6. The van der Waals surface area contributed by atoms with Crippen LogP contribution >= 0.6 is 11.3 Å². The van der Waals surface area contributed by atoms with Gasteiger partial charge in [-0.2, -0.15) is 0 Å². The molecular weight excluding hydrogens is 511 g/mol. The third-order valence-electron chi connectivity index (χ3n) is 6.31. The molecule has 1 fully saturated rings. The lowest BCUT2D eigenvalue weighted by Crippen LogP contribution is -2.29. The molecule has 2 aliphatic heterocycles. The van der Waals surface area contributed by atoms with Crippen LogP contribution in [0.25, 0.3) is 16.0 Å². The highest BCUT2D eigenvalue weighted by molar-refractivity contribution is 7.22. The first-order valence-corrected chi connectivity index (χ1v) is 12.8. The number of ether oxygens (including phenoxy) is 3. The molecule has 10 heteroatoms. The average molecular weight is 533 g/mol. The van der Waals surface area contributed by atoms with E-state index in [0.717, 1.165) is 11.3 Å². The van der Waals surface area contributed by atoms with Crippen molar-refractivity contribution in [1.29, 1.82) is 0 Å². The number of carbonyl (C=O) groups is 2. The zero-order chi connectivity index (χ0) is 26.4. The predicted molar refractivity (Wildman–Crippen MR) is 139 cm³/mol. The molecular formula is C28H21FN2O6S. The van der Waals surface area contributed by atoms with E-state index in [1.165, 1.54) is 23.1 Å². The van der Waals surface area contributed by atoms with Gasteiger partial charge in [0, 0.05) is 5.56 Å². The Morgan fingerprint density at radius 1 is 1.08 bits per heavy atom. The molecule has 3 aromatic carbocycles. The van der Waals surface area contributed by atoms with E-state index in [9.17, 15) is 19.1 Å². The van der Waals surface area contributed by atoms with E-state index in [1.807, 2.05) is 6.92 Å². The van der Waals surface area contributed by atoms with E-state index in [4.69, 9.17) is 14.2 Å². The third-order valence-corrected chi connectivity index (χ3v) is 7.33. The maximum atomic E-state index is 13.9. The molecule has 0 spiro atoms. The maximum absolute atomic E-state index is 13.9. The number of Topliss-reactive ketones (excluding diaryl/α,β-unsaturated/α-hetero) is 1. The highest BCUT2D eigenvalue weighted by Gasteiger charge is 2.48. The fraction of sp³-hybridized carbons (Fsp3) is 0.179. The SMILES string of the molecule is CCOc1ccc(C2/C(=C(\O)c3ccc4c(c3)OCCO4)C(=O)C(=O)N2c2nc3ccc(F)cc3s2)cc1. The maximum Gasteiger partial charge on any atom is 0.301 e. The van der Waals surface area contributed by atoms with Crippen LogP contribution in [0.4, 0.5) is 9.52 Å². The first-order valence-electron chi connectivity index (χ1n) is 11.9. The highest BCUT2D eigenvalue weighted by atomic mass is 32.1. The van der Waals surface area contributed by atoms with Crippen molar-refractivity contribution in [2.75, 3.05) is 24.7 Å². The van der Waals surface area contributed by atoms with Crippen LogP contribution in [-0.4, -0.2) is 41.6 Å². The van der Waals surface area contributed by atoms with E-state index < -0.39 is 23.5 Å². The lowest BCUT2D eigenvalue weighted by Gasteiger charge is -2.23. The number of aliphatic hydroxyl groups excluding tert-OH is 1. The van der Waals surface area contributed by atoms with Gasteiger partial charge in [-0.25, -0.2) is 9.37 Å². The second kappa shape index (κ2) is 9.46. The van der Waals surface area contributed by atoms with Crippen molar-refractivity contribution in [3.05, 3.63) is 83.2 Å². The number of aliphatic hydroxyl groups is 1. The second-order valence-corrected chi connectivity index (χ2v) is 9.65. The summed E-state index contributed by atoms with van der Waals surface area (Å²) in [5, 5.41) is 11.6. The molecule has 0 saturated carbocycles. The number of fused-ring (bicyclic) bond motifs is 2. The number of anilines is 1. The Morgan fingerprint density at radius 2 is 1.84 bits per heavy atom. The van der Waals surface area contributed by atoms with Crippen molar-refractivity contribution >= 4 is 44.1 Å². The van der Waals surface area contributed by atoms with Gasteiger partial charge in [-0.1, -0.05) is 23.5 Å². The van der Waals surface area contributed by atoms with E-state index in [-0.39, 0.29) is 16.5 Å². The van der Waals surface area contributed by atoms with Gasteiger partial charge in [0.2, 0.25) is 0 Å². The van der Waals surface area contributed by atoms with E-state index in [0.29, 0.717) is 58.4 Å². The van der Waals surface area contributed by atoms with Gasteiger partial charge in [-0.3, -0.25) is 14.5 Å². The number of ketones is 1. The minimum Gasteiger partial charge on any atom is -0.507 e. The molecule has 4 aromatic rings. The number of rotatable bonds is 5. The molecule has 1 saturated heterocycles. The zero-order valence-corrected chi connectivity index (χ0v) is 21.0. The van der Waals surface area contributed by atoms with Crippen molar-refractivity contribution in [2.24, 2.45) is 0 Å². The summed E-state index contributed by atoms with van der Waals surface area (Å²) < 4.78 is 31.1. The smallest absolute Gasteiger partial charge is 0.301 e. The van der Waals surface area contributed by atoms with E-state index in [2.05, 4.69) is 4.98 Å². The Bertz CT molecular complexity index is 1610. The second-order valence-electron chi connectivity index (χ2n) is 8.64. The topological polar surface area (TPSA) is 98.2 Å². The Labute approximate surface area is 220 Å². The molecule has 2 aliphatic rings. The number of aromatic nitrogens is 1. The molecule has 0 bridgehead atoms. The molecule has 1 unspecified atom stereocenters. The van der Waals surface area contributed by atoms with Gasteiger partial charge in [0.1, 0.15) is 30.5 Å². The van der Waals surface area contributed by atoms with Gasteiger partial charge in [-0.15, -0.1) is 0 Å². The van der Waals surface area contributed by atoms with Gasteiger partial charge >= 0.3 is 5.91 Å². The van der Waals surface area contributed by atoms with Gasteiger partial charge in [0.25, 0.3) is 5.78 Å². The highest BCUT2D eigenvalue weighted by Crippen LogP contribution is 2.45. The summed E-state index contributed by atoms with van der Waals surface area (Å²) in [5.41, 5.74) is 1.26. The normalized spacial score (nSPS) is 18.3. The van der Waals surface area contributed by atoms with Gasteiger partial charge < -0.3 is 19.3 Å². The van der Waals surface area contributed by atoms with Crippen molar-refractivity contribution < 1.29 is 33.3 Å². The van der Waals surface area contributed by atoms with Gasteiger partial charge in [-0.05, 0) is 61.0 Å². The molecule has 1 N–H and O–H groups in total. The largest absolute Gasteiger partial charge is 0.507 e. The fourth-order valence-electron chi connectivity index (χ4n) is 4.59. The lowest BCUT2D eigenvalue weighted by molar-refractivity contribution is -0.132. The Balaban J connectivity index is 1.52. The predicted octanol–water partition coefficient (Wildman–Crippen LogP) is 5.23. The summed E-state index contributed by atoms with van der Waals surface area (Å²) in [6.45, 7) is 3.11. The van der Waals surface area contributed by atoms with Crippen molar-refractivity contribution in [1.82, 2.24) is 4.98 Å². The number of thiazole rings is 1. The van der Waals surface area contributed by atoms with Crippen molar-refractivity contribution in [3.63, 3.8) is 0 Å². The summed E-state index contributed by atoms with van der Waals surface area (Å²) in [6.07, 6.45) is 0. The molecule has 1 amide bonds. The number of amides is 1. The molecule has 6 rings (SSSR count). The molecule has 1 aromatic heterocycles. The third kappa shape index (κ3) is 4.03. The van der Waals surface area contributed by atoms with Crippen LogP contribution in [-0.2, 0) is 9.59 Å². The summed E-state index contributed by atoms with van der Waals surface area (Å²) >= 11 is 1.09. The number of carbonyl (C=O) groups excluding carboxylic acids is 2. The van der Waals surface area contributed by atoms with E-state index >= 15 is 0 Å². The molecule has 38 heavy (non-hydrogen) atoms. The Kier molecular flexibility index (Phi) is 5.96. The van der Waals surface area contributed by atoms with Gasteiger partial charge in [0.05, 0.1) is 28.4 Å². The Hall–Kier alpha value is -4.44. The number of hydrogen-bond donors (Lipinski definition) is 1. The van der Waals surface area contributed by atoms with E-state index in [1.54, 1.807) is 42.5 Å². The molecule has 0 aliphatic carbocycles. The molecule has 0 radical (unpaired) electrons. The van der Waals surface area contributed by atoms with Crippen LogP contribution < -0.4 is 19.1 Å². The van der Waals surface area contributed by atoms with Crippen LogP contribution in [0.15, 0.2) is 66.2 Å². The molecule has 192 valence electrons. The number of halogens is 1. The van der Waals surface area contributed by atoms with Crippen molar-refractivity contribution in [2.45, 2.75) is 13.0 Å². The first-order chi connectivity index (χ1) is 18.4. The molecule has 3 heterocycles. The first kappa shape index (κ1) is 23.9. The standard InChI is InChI=1S/C28H21FN2O6S/c1-2-35-18-7-3-15(4-8-18)24-23(25(32)16-5-10-20-21(13-16)37-12-11-36-20)26(33)27(34)31(24)28-30-19-9-6-17(29)14-22(19)38-28/h3-10,13-14,24,32H,2,11-12H2,1H3/b25-23+. The average Bonchev–Trinajstić information content (AvgIpc) is 3.46. The number of nitrogens with zero attached hydrogens (tertiary/aromatic N) is 2. The molecule has 1 atom stereocenters. The minimum absolute atomic E-state index is 0.0960. The van der Waals surface area contributed by atoms with Crippen LogP contribution in [0.1, 0.15) is 24.1 Å². The fourth-order valence-corrected chi connectivity index (χ4v) is 5.61. The van der Waals surface area contributed by atoms with Crippen LogP contribution in [0.3, 0.4) is 0 Å². The lowest BCUT2D eigenvalue weighted by atomic mass is 9.95. The number of benzene rings is 3. The summed E-state index contributed by atoms with van der Waals surface area (Å²) in [5.74, 6) is -0.914. The zero-order valence-electron chi connectivity index (χ0n) is 20.1. The van der Waals surface area contributed by atoms with Crippen LogP contribution in [0.5, 0.6) is 17.2 Å². The van der Waals surface area contributed by atoms with Crippen LogP contribution in [0.2, 0.25) is 0 Å². The van der Waals surface area contributed by atoms with Gasteiger partial charge in [0.15, 0.2) is 16.6 Å². The van der Waals surface area contributed by atoms with Crippen molar-refractivity contribution in [3.8, 4) is 17.2 Å². The van der Waals surface area contributed by atoms with Crippen LogP contribution in [0, 0.1) is 5.82 Å². The molecule has 8 nitrogen and oxygen atoms in total. The quantitative estimate of drug-likeness (QED) is 0.213. The number of hydrogen-bond acceptors (Lipinski definition) is 8. The minimum atomic E-state index is -0.982.